The molecule has 0 amide bonds. The van der Waals surface area contributed by atoms with Crippen LogP contribution in [0, 0.1) is 11.6 Å². The molecule has 1 aliphatic heterocycles. The van der Waals surface area contributed by atoms with Gasteiger partial charge in [-0.25, -0.2) is 13.8 Å². The molecule has 6 rings (SSSR count). The standard InChI is InChI=1S/C24H25F2N7OS/c1-12-10-33(11-18(34-12)16-9-27-31-19(16)13-4-5-13)23-28-20(15-7-6-14(25)8-17(15)26)21-22(29-23)30-24(35-21)32(2)3/h6-9,12-13,18H,4-5,10-11H2,1-3H3,(H,27,31)/t12-,18-/m1/s1. The van der Waals surface area contributed by atoms with Crippen molar-refractivity contribution in [2.75, 3.05) is 37.0 Å². The van der Waals surface area contributed by atoms with Gasteiger partial charge in [0.05, 0.1) is 24.0 Å². The van der Waals surface area contributed by atoms with Gasteiger partial charge < -0.3 is 14.5 Å². The number of aromatic nitrogens is 5. The number of hydrogen-bond donors (Lipinski definition) is 1. The van der Waals surface area contributed by atoms with Crippen LogP contribution in [-0.2, 0) is 4.74 Å². The third-order valence-electron chi connectivity index (χ3n) is 6.35. The number of thiazole rings is 1. The number of anilines is 2. The maximum atomic E-state index is 14.9. The Labute approximate surface area is 205 Å². The second-order valence-corrected chi connectivity index (χ2v) is 10.4. The van der Waals surface area contributed by atoms with Crippen LogP contribution >= 0.6 is 11.3 Å². The normalized spacial score (nSPS) is 20.5. The van der Waals surface area contributed by atoms with E-state index in [0.717, 1.165) is 35.3 Å². The van der Waals surface area contributed by atoms with Crippen LogP contribution in [0.3, 0.4) is 0 Å². The van der Waals surface area contributed by atoms with Crippen molar-refractivity contribution < 1.29 is 13.5 Å². The molecule has 2 atom stereocenters. The minimum absolute atomic E-state index is 0.0752. The van der Waals surface area contributed by atoms with Gasteiger partial charge in [0.25, 0.3) is 0 Å². The fourth-order valence-electron chi connectivity index (χ4n) is 4.54. The molecule has 2 fully saturated rings. The zero-order chi connectivity index (χ0) is 24.3. The van der Waals surface area contributed by atoms with Crippen molar-refractivity contribution in [1.29, 1.82) is 0 Å². The van der Waals surface area contributed by atoms with Gasteiger partial charge >= 0.3 is 0 Å². The number of rotatable bonds is 5. The zero-order valence-electron chi connectivity index (χ0n) is 19.6. The molecule has 35 heavy (non-hydrogen) atoms. The molecule has 2 aliphatic rings. The Morgan fingerprint density at radius 3 is 2.71 bits per heavy atom. The van der Waals surface area contributed by atoms with E-state index in [1.54, 1.807) is 0 Å². The van der Waals surface area contributed by atoms with Crippen LogP contribution < -0.4 is 9.80 Å². The highest BCUT2D eigenvalue weighted by Gasteiger charge is 2.35. The molecule has 4 aromatic rings. The smallest absolute Gasteiger partial charge is 0.228 e. The lowest BCUT2D eigenvalue weighted by molar-refractivity contribution is -0.0182. The van der Waals surface area contributed by atoms with Crippen LogP contribution in [0.4, 0.5) is 19.9 Å². The summed E-state index contributed by atoms with van der Waals surface area (Å²) in [5, 5.41) is 8.20. The Bertz CT molecular complexity index is 1400. The van der Waals surface area contributed by atoms with Crippen molar-refractivity contribution in [3.63, 3.8) is 0 Å². The molecule has 1 aromatic carbocycles. The minimum atomic E-state index is -0.670. The van der Waals surface area contributed by atoms with E-state index in [2.05, 4.69) is 20.1 Å². The van der Waals surface area contributed by atoms with Gasteiger partial charge in [-0.3, -0.25) is 5.10 Å². The highest BCUT2D eigenvalue weighted by Crippen LogP contribution is 2.43. The van der Waals surface area contributed by atoms with E-state index in [0.29, 0.717) is 41.0 Å². The van der Waals surface area contributed by atoms with Gasteiger partial charge in [0.2, 0.25) is 5.95 Å². The van der Waals surface area contributed by atoms with Crippen molar-refractivity contribution in [1.82, 2.24) is 25.1 Å². The van der Waals surface area contributed by atoms with Crippen LogP contribution in [0.1, 0.15) is 43.0 Å². The van der Waals surface area contributed by atoms with E-state index in [-0.39, 0.29) is 17.8 Å². The first kappa shape index (κ1) is 22.3. The molecule has 0 radical (unpaired) electrons. The molecule has 8 nitrogen and oxygen atoms in total. The predicted octanol–water partition coefficient (Wildman–Crippen LogP) is 4.66. The van der Waals surface area contributed by atoms with Crippen LogP contribution in [0.2, 0.25) is 0 Å². The lowest BCUT2D eigenvalue weighted by atomic mass is 10.1. The maximum Gasteiger partial charge on any atom is 0.228 e. The number of halogens is 2. The average molecular weight is 498 g/mol. The molecule has 1 N–H and O–H groups in total. The molecule has 0 bridgehead atoms. The fourth-order valence-corrected chi connectivity index (χ4v) is 5.47. The van der Waals surface area contributed by atoms with Gasteiger partial charge in [0.15, 0.2) is 10.8 Å². The largest absolute Gasteiger partial charge is 0.367 e. The van der Waals surface area contributed by atoms with Crippen LogP contribution in [0.25, 0.3) is 21.6 Å². The average Bonchev–Trinajstić information content (AvgIpc) is 3.37. The topological polar surface area (TPSA) is 83.1 Å². The molecular weight excluding hydrogens is 472 g/mol. The Hall–Kier alpha value is -3.18. The quantitative estimate of drug-likeness (QED) is 0.429. The molecule has 1 aliphatic carbocycles. The van der Waals surface area contributed by atoms with Gasteiger partial charge in [-0.05, 0) is 31.9 Å². The van der Waals surface area contributed by atoms with Gasteiger partial charge in [-0.2, -0.15) is 15.1 Å². The molecule has 11 heteroatoms. The maximum absolute atomic E-state index is 14.9. The van der Waals surface area contributed by atoms with Crippen molar-refractivity contribution >= 4 is 32.8 Å². The summed E-state index contributed by atoms with van der Waals surface area (Å²) in [7, 11) is 3.78. The number of fused-ring (bicyclic) bond motifs is 1. The van der Waals surface area contributed by atoms with Gasteiger partial charge in [0.1, 0.15) is 22.4 Å². The van der Waals surface area contributed by atoms with E-state index < -0.39 is 11.6 Å². The van der Waals surface area contributed by atoms with Gasteiger partial charge in [0, 0.05) is 49.9 Å². The van der Waals surface area contributed by atoms with E-state index >= 15 is 0 Å². The summed E-state index contributed by atoms with van der Waals surface area (Å²) < 4.78 is 35.5. The summed E-state index contributed by atoms with van der Waals surface area (Å²) in [6.07, 6.45) is 3.95. The number of aromatic amines is 1. The summed E-state index contributed by atoms with van der Waals surface area (Å²) in [5.41, 5.74) is 3.26. The number of nitrogens with one attached hydrogen (secondary N) is 1. The molecule has 3 aromatic heterocycles. The summed E-state index contributed by atoms with van der Waals surface area (Å²) in [6, 6.07) is 3.54. The van der Waals surface area contributed by atoms with Crippen molar-refractivity contribution in [3.05, 3.63) is 47.3 Å². The summed E-state index contributed by atoms with van der Waals surface area (Å²) in [6.45, 7) is 3.13. The highest BCUT2D eigenvalue weighted by molar-refractivity contribution is 7.22. The van der Waals surface area contributed by atoms with E-state index in [4.69, 9.17) is 14.7 Å². The monoisotopic (exact) mass is 497 g/mol. The number of benzene rings is 1. The first-order valence-electron chi connectivity index (χ1n) is 11.6. The van der Waals surface area contributed by atoms with E-state index in [1.165, 1.54) is 23.5 Å². The summed E-state index contributed by atoms with van der Waals surface area (Å²) >= 11 is 1.38. The Balaban J connectivity index is 1.44. The molecule has 182 valence electrons. The SMILES string of the molecule is C[C@@H]1CN(c2nc(-c3ccc(F)cc3F)c3sc(N(C)C)nc3n2)C[C@H](c2c[nH]nc2C2CC2)O1. The summed E-state index contributed by atoms with van der Waals surface area (Å²) in [5.74, 6) is -0.364. The second kappa shape index (κ2) is 8.49. The number of morpholine rings is 1. The highest BCUT2D eigenvalue weighted by atomic mass is 32.1. The number of hydrogen-bond acceptors (Lipinski definition) is 8. The summed E-state index contributed by atoms with van der Waals surface area (Å²) in [4.78, 5) is 18.2. The third kappa shape index (κ3) is 4.12. The predicted molar refractivity (Wildman–Crippen MR) is 131 cm³/mol. The minimum Gasteiger partial charge on any atom is -0.367 e. The van der Waals surface area contributed by atoms with Crippen molar-refractivity contribution in [2.24, 2.45) is 0 Å². The molecule has 1 saturated heterocycles. The lowest BCUT2D eigenvalue weighted by Crippen LogP contribution is -2.43. The molecule has 0 spiro atoms. The first-order chi connectivity index (χ1) is 16.9. The number of H-pyrrole nitrogens is 1. The van der Waals surface area contributed by atoms with Crippen molar-refractivity contribution in [2.45, 2.75) is 37.9 Å². The Morgan fingerprint density at radius 1 is 1.14 bits per heavy atom. The number of ether oxygens (including phenoxy) is 1. The fraction of sp³-hybridized carbons (Fsp3) is 0.417. The van der Waals surface area contributed by atoms with Crippen LogP contribution in [0.15, 0.2) is 24.4 Å². The lowest BCUT2D eigenvalue weighted by Gasteiger charge is -2.37. The molecule has 0 unspecified atom stereocenters. The zero-order valence-corrected chi connectivity index (χ0v) is 20.4. The Kier molecular flexibility index (Phi) is 5.41. The first-order valence-corrected chi connectivity index (χ1v) is 12.4. The van der Waals surface area contributed by atoms with E-state index in [9.17, 15) is 8.78 Å². The Morgan fingerprint density at radius 2 is 1.97 bits per heavy atom. The van der Waals surface area contributed by atoms with Crippen LogP contribution in [-0.4, -0.2) is 58.4 Å². The third-order valence-corrected chi connectivity index (χ3v) is 7.57. The van der Waals surface area contributed by atoms with Crippen molar-refractivity contribution in [3.8, 4) is 11.3 Å². The van der Waals surface area contributed by atoms with Crippen LogP contribution in [0.5, 0.6) is 0 Å². The second-order valence-electron chi connectivity index (χ2n) is 9.38. The molecule has 4 heterocycles. The van der Waals surface area contributed by atoms with Gasteiger partial charge in [-0.15, -0.1) is 0 Å². The molecule has 1 saturated carbocycles. The molecular formula is C24H25F2N7OS. The van der Waals surface area contributed by atoms with Gasteiger partial charge in [-0.1, -0.05) is 11.3 Å². The number of nitrogens with zero attached hydrogens (tertiary/aromatic N) is 6. The van der Waals surface area contributed by atoms with E-state index in [1.807, 2.05) is 32.1 Å².